The molecule has 0 fully saturated rings. The van der Waals surface area contributed by atoms with Gasteiger partial charge in [-0.3, -0.25) is 0 Å². The van der Waals surface area contributed by atoms with Crippen LogP contribution >= 0.6 is 11.6 Å². The molecule has 0 amide bonds. The number of benzene rings is 1. The summed E-state index contributed by atoms with van der Waals surface area (Å²) in [7, 11) is 0. The molecule has 3 aromatic rings. The van der Waals surface area contributed by atoms with Crippen LogP contribution in [0.15, 0.2) is 30.5 Å². The Kier molecular flexibility index (Phi) is 3.88. The minimum Gasteiger partial charge on any atom is -0.322 e. The van der Waals surface area contributed by atoms with Crippen LogP contribution in [0.3, 0.4) is 0 Å². The highest BCUT2D eigenvalue weighted by Crippen LogP contribution is 2.21. The van der Waals surface area contributed by atoms with E-state index in [-0.39, 0.29) is 0 Å². The first kappa shape index (κ1) is 14.0. The quantitative estimate of drug-likeness (QED) is 0.695. The molecule has 2 heterocycles. The summed E-state index contributed by atoms with van der Waals surface area (Å²) in [6, 6.07) is 8.13. The molecule has 2 aromatic heterocycles. The normalized spacial score (nSPS) is 11.2. The maximum absolute atomic E-state index is 5.92. The lowest BCUT2D eigenvalue weighted by Crippen LogP contribution is -2.08. The molecule has 0 spiro atoms. The summed E-state index contributed by atoms with van der Waals surface area (Å²) in [5.74, 6) is 2.35. The monoisotopic (exact) mass is 300 g/mol. The third-order valence-electron chi connectivity index (χ3n) is 3.52. The van der Waals surface area contributed by atoms with Gasteiger partial charge in [-0.15, -0.1) is 11.6 Å². The zero-order chi connectivity index (χ0) is 14.8. The minimum absolute atomic E-state index is 0.561. The van der Waals surface area contributed by atoms with E-state index in [1.54, 1.807) is 6.20 Å². The Balaban J connectivity index is 2.12. The van der Waals surface area contributed by atoms with Gasteiger partial charge in [0.2, 0.25) is 0 Å². The topological polar surface area (TPSA) is 43.6 Å². The number of alkyl halides is 1. The number of halogens is 1. The molecule has 0 saturated heterocycles. The van der Waals surface area contributed by atoms with E-state index in [0.29, 0.717) is 12.4 Å². The minimum atomic E-state index is 0.561. The summed E-state index contributed by atoms with van der Waals surface area (Å²) in [4.78, 5) is 13.4. The standard InChI is InChI=1S/C16H17ClN4/c1-11-4-3-5-14-16(11)21(15(20-14)6-8-17)10-13-7-9-18-12(2)19-13/h3-5,7,9H,6,8,10H2,1-2H3. The van der Waals surface area contributed by atoms with Gasteiger partial charge in [0, 0.05) is 18.5 Å². The summed E-state index contributed by atoms with van der Waals surface area (Å²) >= 11 is 5.92. The van der Waals surface area contributed by atoms with Crippen LogP contribution in [0.4, 0.5) is 0 Å². The van der Waals surface area contributed by atoms with Crippen LogP contribution in [-0.2, 0) is 13.0 Å². The van der Waals surface area contributed by atoms with Gasteiger partial charge < -0.3 is 4.57 Å². The molecule has 108 valence electrons. The van der Waals surface area contributed by atoms with Gasteiger partial charge in [0.25, 0.3) is 0 Å². The molecule has 21 heavy (non-hydrogen) atoms. The molecule has 0 atom stereocenters. The van der Waals surface area contributed by atoms with Crippen molar-refractivity contribution in [2.24, 2.45) is 0 Å². The van der Waals surface area contributed by atoms with Crippen LogP contribution in [0.1, 0.15) is 22.9 Å². The molecule has 0 N–H and O–H groups in total. The summed E-state index contributed by atoms with van der Waals surface area (Å²) in [6.07, 6.45) is 2.55. The van der Waals surface area contributed by atoms with Gasteiger partial charge in [0.15, 0.2) is 0 Å². The van der Waals surface area contributed by atoms with Gasteiger partial charge in [-0.1, -0.05) is 12.1 Å². The summed E-state index contributed by atoms with van der Waals surface area (Å²) in [5, 5.41) is 0. The fraction of sp³-hybridized carbons (Fsp3) is 0.312. The Morgan fingerprint density at radius 1 is 1.14 bits per heavy atom. The molecular formula is C16H17ClN4. The second-order valence-electron chi connectivity index (χ2n) is 5.09. The predicted molar refractivity (Wildman–Crippen MR) is 84.8 cm³/mol. The van der Waals surface area contributed by atoms with Gasteiger partial charge in [-0.25, -0.2) is 15.0 Å². The lowest BCUT2D eigenvalue weighted by atomic mass is 10.2. The van der Waals surface area contributed by atoms with Crippen LogP contribution in [-0.4, -0.2) is 25.4 Å². The van der Waals surface area contributed by atoms with Crippen LogP contribution in [0.2, 0.25) is 0 Å². The van der Waals surface area contributed by atoms with E-state index < -0.39 is 0 Å². The zero-order valence-corrected chi connectivity index (χ0v) is 12.9. The van der Waals surface area contributed by atoms with E-state index in [4.69, 9.17) is 16.6 Å². The van der Waals surface area contributed by atoms with Gasteiger partial charge in [0.1, 0.15) is 11.6 Å². The second kappa shape index (κ2) is 5.82. The Labute approximate surface area is 128 Å². The highest BCUT2D eigenvalue weighted by atomic mass is 35.5. The third kappa shape index (κ3) is 2.76. The van der Waals surface area contributed by atoms with Crippen molar-refractivity contribution in [2.45, 2.75) is 26.8 Å². The number of hydrogen-bond acceptors (Lipinski definition) is 3. The predicted octanol–water partition coefficient (Wildman–Crippen LogP) is 3.27. The number of imidazole rings is 1. The molecular weight excluding hydrogens is 284 g/mol. The van der Waals surface area contributed by atoms with Crippen molar-refractivity contribution in [3.63, 3.8) is 0 Å². The van der Waals surface area contributed by atoms with E-state index in [1.165, 1.54) is 5.56 Å². The molecule has 0 aliphatic carbocycles. The summed E-state index contributed by atoms with van der Waals surface area (Å²) in [6.45, 7) is 4.70. The van der Waals surface area contributed by atoms with Gasteiger partial charge in [-0.2, -0.15) is 0 Å². The maximum Gasteiger partial charge on any atom is 0.125 e. The smallest absolute Gasteiger partial charge is 0.125 e. The van der Waals surface area contributed by atoms with Crippen molar-refractivity contribution >= 4 is 22.6 Å². The molecule has 0 aliphatic heterocycles. The fourth-order valence-corrected chi connectivity index (χ4v) is 2.78. The first-order valence-corrected chi connectivity index (χ1v) is 7.51. The molecule has 0 radical (unpaired) electrons. The lowest BCUT2D eigenvalue weighted by molar-refractivity contribution is 0.729. The Bertz CT molecular complexity index is 779. The number of fused-ring (bicyclic) bond motifs is 1. The highest BCUT2D eigenvalue weighted by Gasteiger charge is 2.13. The van der Waals surface area contributed by atoms with Gasteiger partial charge in [0.05, 0.1) is 23.3 Å². The first-order chi connectivity index (χ1) is 10.2. The van der Waals surface area contributed by atoms with Gasteiger partial charge in [-0.05, 0) is 31.5 Å². The SMILES string of the molecule is Cc1nccc(Cn2c(CCCl)nc3cccc(C)c32)n1. The Morgan fingerprint density at radius 3 is 2.76 bits per heavy atom. The molecule has 0 aliphatic rings. The van der Waals surface area contributed by atoms with Crippen molar-refractivity contribution < 1.29 is 0 Å². The number of nitrogens with zero attached hydrogens (tertiary/aromatic N) is 4. The average Bonchev–Trinajstić information content (AvgIpc) is 2.79. The fourth-order valence-electron chi connectivity index (χ4n) is 2.61. The summed E-state index contributed by atoms with van der Waals surface area (Å²) in [5.41, 5.74) is 4.38. The molecule has 0 bridgehead atoms. The Hall–Kier alpha value is -1.94. The third-order valence-corrected chi connectivity index (χ3v) is 3.71. The van der Waals surface area contributed by atoms with Crippen molar-refractivity contribution in [1.82, 2.24) is 19.5 Å². The number of hydrogen-bond donors (Lipinski definition) is 0. The Morgan fingerprint density at radius 2 is 2.00 bits per heavy atom. The number of rotatable bonds is 4. The second-order valence-corrected chi connectivity index (χ2v) is 5.47. The molecule has 3 rings (SSSR count). The van der Waals surface area contributed by atoms with Gasteiger partial charge >= 0.3 is 0 Å². The summed E-state index contributed by atoms with van der Waals surface area (Å²) < 4.78 is 2.22. The lowest BCUT2D eigenvalue weighted by Gasteiger charge is -2.10. The van der Waals surface area contributed by atoms with Crippen LogP contribution < -0.4 is 0 Å². The van der Waals surface area contributed by atoms with Crippen LogP contribution in [0, 0.1) is 13.8 Å². The van der Waals surface area contributed by atoms with E-state index in [2.05, 4.69) is 27.5 Å². The van der Waals surface area contributed by atoms with E-state index in [9.17, 15) is 0 Å². The maximum atomic E-state index is 5.92. The van der Waals surface area contributed by atoms with E-state index in [1.807, 2.05) is 25.1 Å². The van der Waals surface area contributed by atoms with E-state index in [0.717, 1.165) is 34.8 Å². The first-order valence-electron chi connectivity index (χ1n) is 6.98. The van der Waals surface area contributed by atoms with E-state index >= 15 is 0 Å². The highest BCUT2D eigenvalue weighted by molar-refractivity contribution is 6.17. The van der Waals surface area contributed by atoms with Crippen molar-refractivity contribution in [2.75, 3.05) is 5.88 Å². The number of para-hydroxylation sites is 1. The van der Waals surface area contributed by atoms with Crippen molar-refractivity contribution in [3.05, 3.63) is 53.4 Å². The molecule has 0 saturated carbocycles. The van der Waals surface area contributed by atoms with Crippen LogP contribution in [0.5, 0.6) is 0 Å². The molecule has 4 nitrogen and oxygen atoms in total. The number of aryl methyl sites for hydroxylation is 3. The molecule has 1 aromatic carbocycles. The van der Waals surface area contributed by atoms with Crippen molar-refractivity contribution in [3.8, 4) is 0 Å². The van der Waals surface area contributed by atoms with Crippen molar-refractivity contribution in [1.29, 1.82) is 0 Å². The molecule has 0 unspecified atom stereocenters. The average molecular weight is 301 g/mol. The van der Waals surface area contributed by atoms with Crippen LogP contribution in [0.25, 0.3) is 11.0 Å². The largest absolute Gasteiger partial charge is 0.322 e. The number of aromatic nitrogens is 4. The molecule has 5 heteroatoms. The zero-order valence-electron chi connectivity index (χ0n) is 12.2.